The lowest BCUT2D eigenvalue weighted by Gasteiger charge is -2.03. The molecule has 2 nitrogen and oxygen atoms in total. The average molecular weight is 230 g/mol. The molecule has 0 aromatic heterocycles. The molecule has 82 valence electrons. The summed E-state index contributed by atoms with van der Waals surface area (Å²) in [5, 5.41) is 9.68. The van der Waals surface area contributed by atoms with Gasteiger partial charge in [0.15, 0.2) is 0 Å². The Hall–Kier alpha value is -1.48. The Kier molecular flexibility index (Phi) is 3.47. The van der Waals surface area contributed by atoms with E-state index in [0.29, 0.717) is 6.42 Å². The third kappa shape index (κ3) is 2.76. The SMILES string of the molecule is N=C(N)CCSc1ccc2ccccc2c1. The minimum atomic E-state index is 0.258. The van der Waals surface area contributed by atoms with E-state index in [-0.39, 0.29) is 5.84 Å². The third-order valence-corrected chi connectivity index (χ3v) is 3.36. The van der Waals surface area contributed by atoms with Gasteiger partial charge in [0.2, 0.25) is 0 Å². The summed E-state index contributed by atoms with van der Waals surface area (Å²) in [7, 11) is 0. The molecule has 0 amide bonds. The summed E-state index contributed by atoms with van der Waals surface area (Å²) in [6.45, 7) is 0. The number of fused-ring (bicyclic) bond motifs is 1. The summed E-state index contributed by atoms with van der Waals surface area (Å²) in [6, 6.07) is 14.7. The zero-order valence-corrected chi connectivity index (χ0v) is 9.76. The summed E-state index contributed by atoms with van der Waals surface area (Å²) in [4.78, 5) is 1.24. The predicted octanol–water partition coefficient (Wildman–Crippen LogP) is 3.26. The zero-order chi connectivity index (χ0) is 11.4. The van der Waals surface area contributed by atoms with Crippen LogP contribution in [0.25, 0.3) is 10.8 Å². The van der Waals surface area contributed by atoms with Crippen LogP contribution >= 0.6 is 11.8 Å². The van der Waals surface area contributed by atoms with Gasteiger partial charge in [0, 0.05) is 17.1 Å². The van der Waals surface area contributed by atoms with Gasteiger partial charge in [-0.1, -0.05) is 30.3 Å². The molecule has 0 atom stereocenters. The Labute approximate surface area is 99.4 Å². The zero-order valence-electron chi connectivity index (χ0n) is 8.94. The summed E-state index contributed by atoms with van der Waals surface area (Å²) < 4.78 is 0. The highest BCUT2D eigenvalue weighted by molar-refractivity contribution is 7.99. The van der Waals surface area contributed by atoms with Gasteiger partial charge in [0.05, 0.1) is 5.84 Å². The van der Waals surface area contributed by atoms with Crippen LogP contribution in [-0.4, -0.2) is 11.6 Å². The number of amidine groups is 1. The molecule has 0 aliphatic heterocycles. The van der Waals surface area contributed by atoms with Crippen molar-refractivity contribution in [3.63, 3.8) is 0 Å². The topological polar surface area (TPSA) is 49.9 Å². The summed E-state index contributed by atoms with van der Waals surface area (Å²) in [5.74, 6) is 1.13. The maximum Gasteiger partial charge on any atom is 0.0913 e. The molecule has 0 radical (unpaired) electrons. The van der Waals surface area contributed by atoms with Gasteiger partial charge in [-0.2, -0.15) is 0 Å². The van der Waals surface area contributed by atoms with Gasteiger partial charge >= 0.3 is 0 Å². The van der Waals surface area contributed by atoms with Crippen molar-refractivity contribution in [1.29, 1.82) is 5.41 Å². The molecular formula is C13H14N2S. The molecule has 2 rings (SSSR count). The van der Waals surface area contributed by atoms with Crippen LogP contribution in [0, 0.1) is 5.41 Å². The fourth-order valence-electron chi connectivity index (χ4n) is 1.54. The summed E-state index contributed by atoms with van der Waals surface area (Å²) >= 11 is 1.74. The van der Waals surface area contributed by atoms with Gasteiger partial charge in [0.25, 0.3) is 0 Å². The van der Waals surface area contributed by atoms with E-state index in [2.05, 4.69) is 30.3 Å². The second-order valence-electron chi connectivity index (χ2n) is 3.63. The number of benzene rings is 2. The van der Waals surface area contributed by atoms with Crippen LogP contribution in [0.3, 0.4) is 0 Å². The lowest BCUT2D eigenvalue weighted by Crippen LogP contribution is -2.09. The van der Waals surface area contributed by atoms with E-state index in [4.69, 9.17) is 11.1 Å². The largest absolute Gasteiger partial charge is 0.388 e. The maximum atomic E-state index is 7.16. The van der Waals surface area contributed by atoms with Crippen molar-refractivity contribution in [3.8, 4) is 0 Å². The average Bonchev–Trinajstić information content (AvgIpc) is 2.28. The van der Waals surface area contributed by atoms with E-state index in [1.165, 1.54) is 15.7 Å². The molecule has 0 heterocycles. The van der Waals surface area contributed by atoms with Crippen LogP contribution in [-0.2, 0) is 0 Å². The van der Waals surface area contributed by atoms with Crippen molar-refractivity contribution in [2.24, 2.45) is 5.73 Å². The minimum Gasteiger partial charge on any atom is -0.388 e. The first kappa shape index (κ1) is 11.0. The van der Waals surface area contributed by atoms with Gasteiger partial charge < -0.3 is 5.73 Å². The van der Waals surface area contributed by atoms with E-state index in [1.807, 2.05) is 12.1 Å². The fourth-order valence-corrected chi connectivity index (χ4v) is 2.47. The van der Waals surface area contributed by atoms with Crippen molar-refractivity contribution >= 4 is 28.4 Å². The Morgan fingerprint density at radius 3 is 2.62 bits per heavy atom. The van der Waals surface area contributed by atoms with Gasteiger partial charge in [0.1, 0.15) is 0 Å². The third-order valence-electron chi connectivity index (χ3n) is 2.36. The molecule has 0 saturated carbocycles. The lowest BCUT2D eigenvalue weighted by molar-refractivity contribution is 1.22. The molecular weight excluding hydrogens is 216 g/mol. The van der Waals surface area contributed by atoms with Crippen LogP contribution in [0.5, 0.6) is 0 Å². The fraction of sp³-hybridized carbons (Fsp3) is 0.154. The Morgan fingerprint density at radius 1 is 1.12 bits per heavy atom. The first-order valence-electron chi connectivity index (χ1n) is 5.20. The highest BCUT2D eigenvalue weighted by Crippen LogP contribution is 2.23. The van der Waals surface area contributed by atoms with Crippen molar-refractivity contribution in [2.45, 2.75) is 11.3 Å². The van der Waals surface area contributed by atoms with Crippen LogP contribution in [0.4, 0.5) is 0 Å². The first-order valence-corrected chi connectivity index (χ1v) is 6.19. The Balaban J connectivity index is 2.10. The Bertz CT molecular complexity index is 508. The van der Waals surface area contributed by atoms with Gasteiger partial charge in [-0.05, 0) is 22.9 Å². The minimum absolute atomic E-state index is 0.258. The van der Waals surface area contributed by atoms with E-state index in [9.17, 15) is 0 Å². The van der Waals surface area contributed by atoms with Crippen molar-refractivity contribution in [2.75, 3.05) is 5.75 Å². The van der Waals surface area contributed by atoms with Crippen LogP contribution < -0.4 is 5.73 Å². The molecule has 16 heavy (non-hydrogen) atoms. The predicted molar refractivity (Wildman–Crippen MR) is 71.2 cm³/mol. The molecule has 0 saturated heterocycles. The molecule has 2 aromatic carbocycles. The second-order valence-corrected chi connectivity index (χ2v) is 4.80. The van der Waals surface area contributed by atoms with Gasteiger partial charge in [-0.15, -0.1) is 11.8 Å². The molecule has 2 aromatic rings. The van der Waals surface area contributed by atoms with Crippen LogP contribution in [0.1, 0.15) is 6.42 Å². The smallest absolute Gasteiger partial charge is 0.0913 e. The lowest BCUT2D eigenvalue weighted by atomic mass is 10.1. The number of rotatable bonds is 4. The van der Waals surface area contributed by atoms with Crippen LogP contribution in [0.2, 0.25) is 0 Å². The Morgan fingerprint density at radius 2 is 1.88 bits per heavy atom. The highest BCUT2D eigenvalue weighted by Gasteiger charge is 1.97. The van der Waals surface area contributed by atoms with E-state index >= 15 is 0 Å². The van der Waals surface area contributed by atoms with Gasteiger partial charge in [-0.25, -0.2) is 0 Å². The van der Waals surface area contributed by atoms with Crippen LogP contribution in [0.15, 0.2) is 47.4 Å². The number of hydrogen-bond acceptors (Lipinski definition) is 2. The number of nitrogens with one attached hydrogen (secondary N) is 1. The quantitative estimate of drug-likeness (QED) is 0.481. The number of hydrogen-bond donors (Lipinski definition) is 2. The normalized spacial score (nSPS) is 10.5. The van der Waals surface area contributed by atoms with Crippen molar-refractivity contribution in [1.82, 2.24) is 0 Å². The van der Waals surface area contributed by atoms with Crippen molar-refractivity contribution in [3.05, 3.63) is 42.5 Å². The summed E-state index contributed by atoms with van der Waals surface area (Å²) in [5.41, 5.74) is 5.32. The second kappa shape index (κ2) is 5.03. The van der Waals surface area contributed by atoms with E-state index in [1.54, 1.807) is 11.8 Å². The molecule has 3 heteroatoms. The molecule has 0 spiro atoms. The molecule has 0 bridgehead atoms. The van der Waals surface area contributed by atoms with Gasteiger partial charge in [-0.3, -0.25) is 5.41 Å². The number of nitrogens with two attached hydrogens (primary N) is 1. The molecule has 0 fully saturated rings. The summed E-state index contributed by atoms with van der Waals surface area (Å²) in [6.07, 6.45) is 0.650. The molecule has 0 aliphatic carbocycles. The highest BCUT2D eigenvalue weighted by atomic mass is 32.2. The maximum absolute atomic E-state index is 7.16. The molecule has 0 aliphatic rings. The first-order chi connectivity index (χ1) is 7.75. The number of thioether (sulfide) groups is 1. The van der Waals surface area contributed by atoms with E-state index in [0.717, 1.165) is 5.75 Å². The molecule has 3 N–H and O–H groups in total. The monoisotopic (exact) mass is 230 g/mol. The van der Waals surface area contributed by atoms with Crippen molar-refractivity contribution < 1.29 is 0 Å². The standard InChI is InChI=1S/C13H14N2S/c14-13(15)7-8-16-12-6-5-10-3-1-2-4-11(10)9-12/h1-6,9H,7-8H2,(H3,14,15). The molecule has 0 unspecified atom stereocenters. The van der Waals surface area contributed by atoms with E-state index < -0.39 is 0 Å².